The number of aromatic carboxylic acids is 1. The Balaban J connectivity index is 0.000000204. The number of nitrogens with zero attached hydrogens (tertiary/aromatic N) is 1. The first-order chi connectivity index (χ1) is 66.2. The van der Waals surface area contributed by atoms with E-state index >= 15 is 0 Å². The van der Waals surface area contributed by atoms with Crippen molar-refractivity contribution in [2.45, 2.75) is 236 Å². The van der Waals surface area contributed by atoms with Crippen molar-refractivity contribution in [1.82, 2.24) is 0 Å². The minimum atomic E-state index is -0.870. The Labute approximate surface area is 828 Å². The molecule has 0 aliphatic carbocycles. The highest BCUT2D eigenvalue weighted by Gasteiger charge is 2.20. The molecule has 0 atom stereocenters. The molecule has 0 unspecified atom stereocenters. The van der Waals surface area contributed by atoms with Crippen molar-refractivity contribution in [3.8, 4) is 23.0 Å². The monoisotopic (exact) mass is 1860 g/mol. The zero-order valence-corrected chi connectivity index (χ0v) is 86.5. The molecule has 5 aliphatic rings. The molecule has 21 rings (SSSR count). The second-order valence-electron chi connectivity index (χ2n) is 32.9. The van der Waals surface area contributed by atoms with Gasteiger partial charge in [0.15, 0.2) is 0 Å². The number of ether oxygens (including phenoxy) is 2. The molecule has 0 bridgehead atoms. The third-order valence-corrected chi connectivity index (χ3v) is 25.7. The van der Waals surface area contributed by atoms with Crippen LogP contribution in [-0.2, 0) is 32.1 Å². The van der Waals surface area contributed by atoms with Crippen molar-refractivity contribution in [3.63, 3.8) is 0 Å². The van der Waals surface area contributed by atoms with Crippen molar-refractivity contribution in [2.75, 3.05) is 0 Å². The predicted octanol–water partition coefficient (Wildman–Crippen LogP) is 38.2. The van der Waals surface area contributed by atoms with Crippen molar-refractivity contribution >= 4 is 57.7 Å². The van der Waals surface area contributed by atoms with Crippen LogP contribution < -0.4 is 9.47 Å². The van der Waals surface area contributed by atoms with E-state index in [-0.39, 0.29) is 10.6 Å². The van der Waals surface area contributed by atoms with Crippen molar-refractivity contribution in [2.24, 2.45) is 0 Å². The molecule has 16 aromatic rings. The average Bonchev–Trinajstić information content (AvgIpc) is 0.818. The molecular weight excluding hydrogens is 1720 g/mol. The summed E-state index contributed by atoms with van der Waals surface area (Å²) in [7, 11) is 0. The standard InChI is InChI=1S/2C13H10O.3C13H10S.C13H14.C10H12O2.C10H14.C9H11NO2.C9H12.5C2H6/c5*1-3-7-12-10(5-1)9-11-6-2-4-8-13(11)14-12;1-10(2)12-9-5-7-11-6-3-4-8-13(11)12;1-7(2)8-3-5-9(6-4-8)10(11)12;1-8(2)10-6-4-9(3)5-7-10;1-7(2)8-3-5-9(6-4-8)10(11)12;1-8(2)9-6-4-3-5-7-9;5*1-2/h5*1-8H,9H2;3-10H,1-2H3;3-7H,1-2H3,(H,11,12);4-8H,1-3H3;3-7H,1-2H3;3-8H,1-2H3;5*1-2H3. The van der Waals surface area contributed by atoms with E-state index in [9.17, 15) is 14.9 Å². The van der Waals surface area contributed by atoms with Gasteiger partial charge in [0.25, 0.3) is 5.69 Å². The molecule has 0 fully saturated rings. The van der Waals surface area contributed by atoms with Crippen LogP contribution in [0.1, 0.15) is 267 Å². The first-order valence-corrected chi connectivity index (χ1v) is 51.0. The van der Waals surface area contributed by atoms with Gasteiger partial charge in [0, 0.05) is 54.3 Å². The molecule has 1 N–H and O–H groups in total. The van der Waals surface area contributed by atoms with Gasteiger partial charge in [0.1, 0.15) is 23.0 Å². The predicted molar refractivity (Wildman–Crippen MR) is 586 cm³/mol. The molecule has 0 saturated heterocycles. The minimum absolute atomic E-state index is 0.152. The van der Waals surface area contributed by atoms with Gasteiger partial charge in [-0.25, -0.2) is 4.79 Å². The second-order valence-corrected chi connectivity index (χ2v) is 36.2. The van der Waals surface area contributed by atoms with Gasteiger partial charge >= 0.3 is 5.97 Å². The molecule has 706 valence electrons. The number of nitro benzene ring substituents is 1. The molecule has 7 nitrogen and oxygen atoms in total. The van der Waals surface area contributed by atoms with Crippen LogP contribution >= 0.6 is 35.3 Å². The van der Waals surface area contributed by atoms with Gasteiger partial charge in [-0.1, -0.05) is 483 Å². The van der Waals surface area contributed by atoms with E-state index in [4.69, 9.17) is 14.6 Å². The Morgan fingerprint density at radius 3 is 0.787 bits per heavy atom. The largest absolute Gasteiger partial charge is 0.478 e. The number of hydrogen-bond acceptors (Lipinski definition) is 8. The molecule has 0 aromatic heterocycles. The van der Waals surface area contributed by atoms with E-state index in [2.05, 4.69) is 361 Å². The van der Waals surface area contributed by atoms with Gasteiger partial charge in [-0.15, -0.1) is 0 Å². The van der Waals surface area contributed by atoms with Crippen LogP contribution in [-0.4, -0.2) is 16.0 Å². The normalized spacial score (nSPS) is 11.2. The first kappa shape index (κ1) is 110. The topological polar surface area (TPSA) is 98.9 Å². The van der Waals surface area contributed by atoms with Crippen molar-refractivity contribution in [1.29, 1.82) is 0 Å². The number of non-ortho nitro benzene ring substituents is 1. The molecule has 0 radical (unpaired) electrons. The SMILES string of the molecule is CC.CC.CC.CC.CC.CC(C)c1ccc(C(=O)O)cc1.CC(C)c1ccc([N+](=O)[O-])cc1.CC(C)c1cccc2ccccc12.CC(C)c1ccccc1.Cc1ccc(C(C)C)cc1.c1ccc2c(c1)Cc1ccccc1O2.c1ccc2c(c1)Cc1ccccc1O2.c1ccc2c(c1)Cc1ccccc1S2.c1ccc2c(c1)Cc1ccccc1S2.c1ccc2c(c1)Cc1ccccc1S2. The zero-order chi connectivity index (χ0) is 98.7. The van der Waals surface area contributed by atoms with Gasteiger partial charge in [-0.2, -0.15) is 0 Å². The number of nitro groups is 1. The van der Waals surface area contributed by atoms with E-state index in [1.165, 1.54) is 136 Å². The molecule has 5 aliphatic heterocycles. The summed E-state index contributed by atoms with van der Waals surface area (Å²) in [5.41, 5.74) is 22.2. The van der Waals surface area contributed by atoms with Crippen LogP contribution in [0.15, 0.2) is 418 Å². The summed E-state index contributed by atoms with van der Waals surface area (Å²) >= 11 is 5.65. The van der Waals surface area contributed by atoms with E-state index in [0.717, 1.165) is 60.7 Å². The fourth-order valence-corrected chi connectivity index (χ4v) is 17.9. The van der Waals surface area contributed by atoms with E-state index < -0.39 is 5.97 Å². The zero-order valence-electron chi connectivity index (χ0n) is 84.0. The fourth-order valence-electron chi connectivity index (χ4n) is 14.6. The quantitative estimate of drug-likeness (QED) is 0.124. The van der Waals surface area contributed by atoms with Gasteiger partial charge in [0.2, 0.25) is 0 Å². The number of rotatable bonds is 7. The van der Waals surface area contributed by atoms with E-state index in [1.54, 1.807) is 24.3 Å². The number of hydrogen-bond donors (Lipinski definition) is 1. The lowest BCUT2D eigenvalue weighted by Crippen LogP contribution is -2.01. The Morgan fingerprint density at radius 2 is 0.507 bits per heavy atom. The minimum Gasteiger partial charge on any atom is -0.478 e. The lowest BCUT2D eigenvalue weighted by Gasteiger charge is -2.19. The maximum atomic E-state index is 10.5. The molecule has 0 spiro atoms. The smallest absolute Gasteiger partial charge is 0.335 e. The van der Waals surface area contributed by atoms with Gasteiger partial charge in [-0.05, 0) is 223 Å². The highest BCUT2D eigenvalue weighted by atomic mass is 32.2. The van der Waals surface area contributed by atoms with Crippen LogP contribution in [0, 0.1) is 17.0 Å². The molecule has 16 aromatic carbocycles. The number of fused-ring (bicyclic) bond motifs is 11. The summed E-state index contributed by atoms with van der Waals surface area (Å²) < 4.78 is 11.6. The lowest BCUT2D eigenvalue weighted by molar-refractivity contribution is -0.384. The molecule has 0 saturated carbocycles. The first-order valence-electron chi connectivity index (χ1n) is 48.5. The summed E-state index contributed by atoms with van der Waals surface area (Å²) in [5, 5.41) is 21.6. The van der Waals surface area contributed by atoms with Crippen LogP contribution in [0.3, 0.4) is 0 Å². The Bertz CT molecular complexity index is 5150. The fraction of sp³-hybridized carbons (Fsp3) is 0.246. The van der Waals surface area contributed by atoms with Crippen molar-refractivity contribution in [3.05, 3.63) is 493 Å². The van der Waals surface area contributed by atoms with Gasteiger partial charge < -0.3 is 14.6 Å². The summed E-state index contributed by atoms with van der Waals surface area (Å²) in [6.45, 7) is 43.7. The number of carbonyl (C=O) groups is 1. The third-order valence-electron chi connectivity index (χ3n) is 22.0. The Hall–Kier alpha value is -12.7. The average molecular weight is 1860 g/mol. The number of carboxylic acids is 1. The number of carboxylic acid groups (broad SMARTS) is 1. The molecule has 10 heteroatoms. The number of para-hydroxylation sites is 4. The van der Waals surface area contributed by atoms with Gasteiger partial charge in [0.05, 0.1) is 10.5 Å². The summed E-state index contributed by atoms with van der Waals surface area (Å²) in [5.74, 6) is 5.89. The molecular formula is C126H143NO6S3. The maximum Gasteiger partial charge on any atom is 0.335 e. The van der Waals surface area contributed by atoms with E-state index in [1.807, 2.05) is 171 Å². The van der Waals surface area contributed by atoms with Crippen molar-refractivity contribution < 1.29 is 24.3 Å². The molecule has 0 amide bonds. The van der Waals surface area contributed by atoms with Crippen LogP contribution in [0.4, 0.5) is 5.69 Å². The highest BCUT2D eigenvalue weighted by Crippen LogP contribution is 2.43. The summed E-state index contributed by atoms with van der Waals surface area (Å²) in [4.78, 5) is 28.8. The second kappa shape index (κ2) is 60.6. The highest BCUT2D eigenvalue weighted by molar-refractivity contribution is 8.00. The van der Waals surface area contributed by atoms with Crippen LogP contribution in [0.25, 0.3) is 10.8 Å². The van der Waals surface area contributed by atoms with Crippen LogP contribution in [0.2, 0.25) is 0 Å². The summed E-state index contributed by atoms with van der Waals surface area (Å²) in [6.07, 6.45) is 5.21. The van der Waals surface area contributed by atoms with Crippen LogP contribution in [0.5, 0.6) is 23.0 Å². The molecule has 5 heterocycles. The Morgan fingerprint density at radius 1 is 0.272 bits per heavy atom. The van der Waals surface area contributed by atoms with Gasteiger partial charge in [-0.3, -0.25) is 10.1 Å². The third kappa shape index (κ3) is 34.9. The number of aryl methyl sites for hydroxylation is 1. The van der Waals surface area contributed by atoms with E-state index in [0.29, 0.717) is 35.2 Å². The summed E-state index contributed by atoms with van der Waals surface area (Å²) in [6, 6.07) is 133. The lowest BCUT2D eigenvalue weighted by atomic mass is 9.96. The molecule has 136 heavy (non-hydrogen) atoms. The Kier molecular flexibility index (Phi) is 49.2. The number of benzene rings is 16. The maximum absolute atomic E-state index is 10.5.